The Morgan fingerprint density at radius 3 is 2.24 bits per heavy atom. The molecule has 0 aliphatic rings. The lowest BCUT2D eigenvalue weighted by atomic mass is 9.87. The summed E-state index contributed by atoms with van der Waals surface area (Å²) >= 11 is 0. The third-order valence-corrected chi connectivity index (χ3v) is 3.39. The van der Waals surface area contributed by atoms with Gasteiger partial charge in [-0.3, -0.25) is 0 Å². The van der Waals surface area contributed by atoms with Gasteiger partial charge in [-0.1, -0.05) is 45.0 Å². The van der Waals surface area contributed by atoms with E-state index in [-0.39, 0.29) is 12.1 Å². The summed E-state index contributed by atoms with van der Waals surface area (Å²) in [6.45, 7) is 9.76. The molecule has 2 nitrogen and oxygen atoms in total. The summed E-state index contributed by atoms with van der Waals surface area (Å²) < 4.78 is 0. The largest absolute Gasteiger partial charge is 0.396 e. The molecule has 0 heterocycles. The van der Waals surface area contributed by atoms with Crippen LogP contribution in [0.15, 0.2) is 24.3 Å². The summed E-state index contributed by atoms with van der Waals surface area (Å²) in [7, 11) is 0. The van der Waals surface area contributed by atoms with Gasteiger partial charge < -0.3 is 10.4 Å². The fourth-order valence-electron chi connectivity index (χ4n) is 2.18. The zero-order valence-electron chi connectivity index (χ0n) is 11.5. The van der Waals surface area contributed by atoms with Crippen molar-refractivity contribution in [1.82, 2.24) is 5.32 Å². The van der Waals surface area contributed by atoms with Gasteiger partial charge in [0.15, 0.2) is 0 Å². The molecule has 1 atom stereocenters. The van der Waals surface area contributed by atoms with E-state index in [9.17, 15) is 5.11 Å². The Bertz CT molecular complexity index is 323. The van der Waals surface area contributed by atoms with Crippen LogP contribution in [0.2, 0.25) is 0 Å². The topological polar surface area (TPSA) is 32.3 Å². The lowest BCUT2D eigenvalue weighted by molar-refractivity contribution is 0.223. The predicted octanol–water partition coefficient (Wildman–Crippen LogP) is 3.02. The molecule has 1 aromatic carbocycles. The second-order valence-corrected chi connectivity index (χ2v) is 5.11. The number of hydrogen-bond donors (Lipinski definition) is 2. The SMILES string of the molecule is CCNC(C)(CCO)c1ccc(C(C)C)cc1. The summed E-state index contributed by atoms with van der Waals surface area (Å²) in [5.74, 6) is 0.562. The first kappa shape index (κ1) is 14.2. The Morgan fingerprint density at radius 1 is 1.24 bits per heavy atom. The molecule has 0 radical (unpaired) electrons. The number of hydrogen-bond acceptors (Lipinski definition) is 2. The standard InChI is InChI=1S/C15H25NO/c1-5-16-15(4,10-11-17)14-8-6-13(7-9-14)12(2)3/h6-9,12,16-17H,5,10-11H2,1-4H3. The highest BCUT2D eigenvalue weighted by Crippen LogP contribution is 2.26. The van der Waals surface area contributed by atoms with Crippen molar-refractivity contribution in [2.45, 2.75) is 45.6 Å². The highest BCUT2D eigenvalue weighted by Gasteiger charge is 2.24. The van der Waals surface area contributed by atoms with Crippen LogP contribution in [0.25, 0.3) is 0 Å². The molecule has 1 unspecified atom stereocenters. The molecule has 96 valence electrons. The van der Waals surface area contributed by atoms with Gasteiger partial charge in [0.1, 0.15) is 0 Å². The van der Waals surface area contributed by atoms with Crippen LogP contribution in [0.3, 0.4) is 0 Å². The van der Waals surface area contributed by atoms with Crippen molar-refractivity contribution in [2.24, 2.45) is 0 Å². The number of nitrogens with one attached hydrogen (secondary N) is 1. The van der Waals surface area contributed by atoms with Gasteiger partial charge in [-0.2, -0.15) is 0 Å². The van der Waals surface area contributed by atoms with Crippen LogP contribution in [-0.2, 0) is 5.54 Å². The molecule has 0 amide bonds. The number of aliphatic hydroxyl groups excluding tert-OH is 1. The Hall–Kier alpha value is -0.860. The van der Waals surface area contributed by atoms with Gasteiger partial charge in [0.25, 0.3) is 0 Å². The van der Waals surface area contributed by atoms with Gasteiger partial charge in [-0.05, 0) is 36.9 Å². The molecule has 0 bridgehead atoms. The van der Waals surface area contributed by atoms with E-state index in [1.807, 2.05) is 0 Å². The monoisotopic (exact) mass is 235 g/mol. The Morgan fingerprint density at radius 2 is 1.82 bits per heavy atom. The van der Waals surface area contributed by atoms with Crippen LogP contribution in [0.1, 0.15) is 51.2 Å². The molecule has 2 heteroatoms. The Balaban J connectivity index is 2.95. The summed E-state index contributed by atoms with van der Waals surface area (Å²) in [4.78, 5) is 0. The summed E-state index contributed by atoms with van der Waals surface area (Å²) in [6.07, 6.45) is 0.738. The molecule has 2 N–H and O–H groups in total. The zero-order chi connectivity index (χ0) is 12.9. The fourth-order valence-corrected chi connectivity index (χ4v) is 2.18. The zero-order valence-corrected chi connectivity index (χ0v) is 11.5. The van der Waals surface area contributed by atoms with Crippen LogP contribution >= 0.6 is 0 Å². The third-order valence-electron chi connectivity index (χ3n) is 3.39. The maximum atomic E-state index is 9.19. The first-order chi connectivity index (χ1) is 8.03. The van der Waals surface area contributed by atoms with Crippen molar-refractivity contribution in [3.8, 4) is 0 Å². The summed E-state index contributed by atoms with van der Waals surface area (Å²) in [5, 5.41) is 12.7. The molecule has 1 rings (SSSR count). The van der Waals surface area contributed by atoms with E-state index in [0.717, 1.165) is 13.0 Å². The molecule has 0 spiro atoms. The molecule has 17 heavy (non-hydrogen) atoms. The van der Waals surface area contributed by atoms with Crippen molar-refractivity contribution < 1.29 is 5.11 Å². The normalized spacial score (nSPS) is 14.9. The van der Waals surface area contributed by atoms with E-state index in [4.69, 9.17) is 0 Å². The Labute approximate surface area is 105 Å². The Kier molecular flexibility index (Phi) is 5.16. The second kappa shape index (κ2) is 6.18. The fraction of sp³-hybridized carbons (Fsp3) is 0.600. The van der Waals surface area contributed by atoms with Gasteiger partial charge in [0.05, 0.1) is 0 Å². The van der Waals surface area contributed by atoms with Crippen LogP contribution in [0, 0.1) is 0 Å². The maximum absolute atomic E-state index is 9.19. The maximum Gasteiger partial charge on any atom is 0.0451 e. The van der Waals surface area contributed by atoms with Crippen molar-refractivity contribution >= 4 is 0 Å². The van der Waals surface area contributed by atoms with Gasteiger partial charge in [0, 0.05) is 12.1 Å². The number of benzene rings is 1. The van der Waals surface area contributed by atoms with Crippen molar-refractivity contribution in [3.05, 3.63) is 35.4 Å². The molecule has 0 saturated carbocycles. The summed E-state index contributed by atoms with van der Waals surface area (Å²) in [5.41, 5.74) is 2.48. The highest BCUT2D eigenvalue weighted by molar-refractivity contribution is 5.29. The first-order valence-electron chi connectivity index (χ1n) is 6.50. The summed E-state index contributed by atoms with van der Waals surface area (Å²) in [6, 6.07) is 8.72. The van der Waals surface area contributed by atoms with E-state index in [1.54, 1.807) is 0 Å². The second-order valence-electron chi connectivity index (χ2n) is 5.11. The van der Waals surface area contributed by atoms with Gasteiger partial charge >= 0.3 is 0 Å². The van der Waals surface area contributed by atoms with Crippen LogP contribution in [0.5, 0.6) is 0 Å². The van der Waals surface area contributed by atoms with E-state index >= 15 is 0 Å². The average Bonchev–Trinajstić information content (AvgIpc) is 2.30. The molecular formula is C15H25NO. The molecular weight excluding hydrogens is 210 g/mol. The van der Waals surface area contributed by atoms with Crippen molar-refractivity contribution in [3.63, 3.8) is 0 Å². The number of rotatable bonds is 6. The first-order valence-corrected chi connectivity index (χ1v) is 6.50. The molecule has 0 fully saturated rings. The lowest BCUT2D eigenvalue weighted by Crippen LogP contribution is -2.40. The quantitative estimate of drug-likeness (QED) is 0.794. The van der Waals surface area contributed by atoms with Gasteiger partial charge in [-0.15, -0.1) is 0 Å². The smallest absolute Gasteiger partial charge is 0.0451 e. The lowest BCUT2D eigenvalue weighted by Gasteiger charge is -2.31. The molecule has 0 aliphatic carbocycles. The van der Waals surface area contributed by atoms with Crippen molar-refractivity contribution in [1.29, 1.82) is 0 Å². The minimum Gasteiger partial charge on any atom is -0.396 e. The van der Waals surface area contributed by atoms with E-state index in [2.05, 4.69) is 57.3 Å². The van der Waals surface area contributed by atoms with Crippen LogP contribution in [-0.4, -0.2) is 18.3 Å². The average molecular weight is 235 g/mol. The third kappa shape index (κ3) is 3.55. The van der Waals surface area contributed by atoms with E-state index in [0.29, 0.717) is 5.92 Å². The van der Waals surface area contributed by atoms with Gasteiger partial charge in [-0.25, -0.2) is 0 Å². The number of aliphatic hydroxyl groups is 1. The van der Waals surface area contributed by atoms with Crippen molar-refractivity contribution in [2.75, 3.05) is 13.2 Å². The minimum atomic E-state index is -0.126. The van der Waals surface area contributed by atoms with Gasteiger partial charge in [0.2, 0.25) is 0 Å². The highest BCUT2D eigenvalue weighted by atomic mass is 16.3. The van der Waals surface area contributed by atoms with Crippen LogP contribution in [0.4, 0.5) is 0 Å². The van der Waals surface area contributed by atoms with E-state index < -0.39 is 0 Å². The molecule has 0 aromatic heterocycles. The van der Waals surface area contributed by atoms with Crippen LogP contribution < -0.4 is 5.32 Å². The predicted molar refractivity (Wildman–Crippen MR) is 73.3 cm³/mol. The molecule has 1 aromatic rings. The molecule has 0 aliphatic heterocycles. The van der Waals surface area contributed by atoms with E-state index in [1.165, 1.54) is 11.1 Å². The minimum absolute atomic E-state index is 0.126. The molecule has 0 saturated heterocycles.